The van der Waals surface area contributed by atoms with Gasteiger partial charge in [0.1, 0.15) is 0 Å². The zero-order valence-corrected chi connectivity index (χ0v) is 11.7. The zero-order chi connectivity index (χ0) is 12.8. The molecular formula is C15H20N2S. The molecule has 0 spiro atoms. The normalized spacial score (nSPS) is 23.3. The van der Waals surface area contributed by atoms with Crippen LogP contribution < -0.4 is 5.32 Å². The molecule has 0 aromatic heterocycles. The summed E-state index contributed by atoms with van der Waals surface area (Å²) in [5, 5.41) is 12.5. The molecular weight excluding hydrogens is 240 g/mol. The van der Waals surface area contributed by atoms with Crippen molar-refractivity contribution in [1.29, 1.82) is 5.26 Å². The second-order valence-electron chi connectivity index (χ2n) is 4.78. The average molecular weight is 260 g/mol. The van der Waals surface area contributed by atoms with Crippen LogP contribution in [0.2, 0.25) is 0 Å². The summed E-state index contributed by atoms with van der Waals surface area (Å²) in [4.78, 5) is 1.33. The van der Waals surface area contributed by atoms with Crippen molar-refractivity contribution in [1.82, 2.24) is 0 Å². The minimum atomic E-state index is 0.284. The van der Waals surface area contributed by atoms with Crippen molar-refractivity contribution >= 4 is 17.4 Å². The van der Waals surface area contributed by atoms with Gasteiger partial charge in [0.25, 0.3) is 0 Å². The summed E-state index contributed by atoms with van der Waals surface area (Å²) in [6.45, 7) is 2.17. The summed E-state index contributed by atoms with van der Waals surface area (Å²) >= 11 is 1.87. The van der Waals surface area contributed by atoms with Crippen molar-refractivity contribution in [3.63, 3.8) is 0 Å². The van der Waals surface area contributed by atoms with Crippen LogP contribution >= 0.6 is 11.8 Å². The van der Waals surface area contributed by atoms with Crippen LogP contribution in [0, 0.1) is 17.2 Å². The summed E-state index contributed by atoms with van der Waals surface area (Å²) in [6.07, 6.45) is 4.31. The third kappa shape index (κ3) is 3.68. The molecule has 0 aliphatic heterocycles. The van der Waals surface area contributed by atoms with E-state index in [1.165, 1.54) is 10.6 Å². The lowest BCUT2D eigenvalue weighted by Crippen LogP contribution is -2.25. The van der Waals surface area contributed by atoms with E-state index in [4.69, 9.17) is 5.26 Å². The molecule has 18 heavy (non-hydrogen) atoms. The molecule has 0 atom stereocenters. The molecule has 2 nitrogen and oxygen atoms in total. The third-order valence-electron chi connectivity index (χ3n) is 3.45. The number of anilines is 1. The Bertz CT molecular complexity index is 399. The Morgan fingerprint density at radius 3 is 2.44 bits per heavy atom. The Morgan fingerprint density at radius 2 is 1.89 bits per heavy atom. The first-order valence-electron chi connectivity index (χ1n) is 6.71. The van der Waals surface area contributed by atoms with E-state index in [1.54, 1.807) is 0 Å². The van der Waals surface area contributed by atoms with Crippen molar-refractivity contribution in [2.75, 3.05) is 11.1 Å². The van der Waals surface area contributed by atoms with E-state index in [1.807, 2.05) is 11.8 Å². The number of thioether (sulfide) groups is 1. The summed E-state index contributed by atoms with van der Waals surface area (Å²) in [5.74, 6) is 1.40. The largest absolute Gasteiger partial charge is 0.382 e. The van der Waals surface area contributed by atoms with Crippen LogP contribution in [0.3, 0.4) is 0 Å². The van der Waals surface area contributed by atoms with Crippen molar-refractivity contribution in [2.24, 2.45) is 5.92 Å². The fraction of sp³-hybridized carbons (Fsp3) is 0.533. The first-order chi connectivity index (χ1) is 8.81. The molecule has 1 saturated carbocycles. The standard InChI is InChI=1S/C15H20N2S/c1-2-18-15-9-7-14(8-10-15)17-13-5-3-12(11-16)4-6-13/h7-10,12-13,17H,2-6H2,1H3. The second-order valence-corrected chi connectivity index (χ2v) is 6.12. The molecule has 0 amide bonds. The minimum absolute atomic E-state index is 0.284. The zero-order valence-electron chi connectivity index (χ0n) is 10.9. The summed E-state index contributed by atoms with van der Waals surface area (Å²) in [5.41, 5.74) is 1.20. The molecule has 2 rings (SSSR count). The Balaban J connectivity index is 1.85. The maximum Gasteiger partial charge on any atom is 0.0655 e. The molecule has 0 bridgehead atoms. The molecule has 96 valence electrons. The van der Waals surface area contributed by atoms with E-state index in [0.29, 0.717) is 6.04 Å². The number of rotatable bonds is 4. The first kappa shape index (κ1) is 13.3. The molecule has 3 heteroatoms. The van der Waals surface area contributed by atoms with Gasteiger partial charge >= 0.3 is 0 Å². The highest BCUT2D eigenvalue weighted by Gasteiger charge is 2.20. The van der Waals surface area contributed by atoms with Gasteiger partial charge in [-0.15, -0.1) is 11.8 Å². The summed E-state index contributed by atoms with van der Waals surface area (Å²) < 4.78 is 0. The van der Waals surface area contributed by atoms with E-state index in [2.05, 4.69) is 42.6 Å². The van der Waals surface area contributed by atoms with E-state index >= 15 is 0 Å². The summed E-state index contributed by atoms with van der Waals surface area (Å²) in [7, 11) is 0. The number of hydrogen-bond donors (Lipinski definition) is 1. The van der Waals surface area contributed by atoms with Gasteiger partial charge in [0.15, 0.2) is 0 Å². The Kier molecular flexibility index (Phi) is 4.95. The van der Waals surface area contributed by atoms with Crippen molar-refractivity contribution < 1.29 is 0 Å². The lowest BCUT2D eigenvalue weighted by atomic mass is 9.87. The van der Waals surface area contributed by atoms with E-state index in [9.17, 15) is 0 Å². The van der Waals surface area contributed by atoms with Gasteiger partial charge in [-0.1, -0.05) is 6.92 Å². The first-order valence-corrected chi connectivity index (χ1v) is 7.69. The van der Waals surface area contributed by atoms with E-state index < -0.39 is 0 Å². The minimum Gasteiger partial charge on any atom is -0.382 e. The fourth-order valence-electron chi connectivity index (χ4n) is 2.42. The predicted octanol–water partition coefficient (Wildman–Crippen LogP) is 4.29. The third-order valence-corrected chi connectivity index (χ3v) is 4.34. The molecule has 0 heterocycles. The van der Waals surface area contributed by atoms with Crippen LogP contribution in [0.4, 0.5) is 5.69 Å². The van der Waals surface area contributed by atoms with Crippen LogP contribution in [0.5, 0.6) is 0 Å². The molecule has 0 saturated heterocycles. The van der Waals surface area contributed by atoms with Crippen LogP contribution in [0.1, 0.15) is 32.6 Å². The smallest absolute Gasteiger partial charge is 0.0655 e. The van der Waals surface area contributed by atoms with Gasteiger partial charge in [0.05, 0.1) is 6.07 Å². The molecule has 1 aliphatic carbocycles. The molecule has 1 aromatic rings. The predicted molar refractivity (Wildman–Crippen MR) is 77.8 cm³/mol. The molecule has 1 N–H and O–H groups in total. The Labute approximate surface area is 114 Å². The van der Waals surface area contributed by atoms with Crippen molar-refractivity contribution in [2.45, 2.75) is 43.5 Å². The van der Waals surface area contributed by atoms with E-state index in [-0.39, 0.29) is 5.92 Å². The Morgan fingerprint density at radius 1 is 1.22 bits per heavy atom. The quantitative estimate of drug-likeness (QED) is 0.820. The molecule has 1 aliphatic rings. The van der Waals surface area contributed by atoms with Crippen molar-refractivity contribution in [3.05, 3.63) is 24.3 Å². The van der Waals surface area contributed by atoms with Crippen LogP contribution in [-0.2, 0) is 0 Å². The van der Waals surface area contributed by atoms with Gasteiger partial charge in [-0.05, 0) is 55.7 Å². The maximum atomic E-state index is 8.88. The van der Waals surface area contributed by atoms with Gasteiger partial charge in [0.2, 0.25) is 0 Å². The second kappa shape index (κ2) is 6.70. The number of hydrogen-bond acceptors (Lipinski definition) is 3. The molecule has 1 aromatic carbocycles. The fourth-order valence-corrected chi connectivity index (χ4v) is 3.08. The van der Waals surface area contributed by atoms with Gasteiger partial charge < -0.3 is 5.32 Å². The lowest BCUT2D eigenvalue weighted by Gasteiger charge is -2.26. The lowest BCUT2D eigenvalue weighted by molar-refractivity contribution is 0.397. The van der Waals surface area contributed by atoms with Gasteiger partial charge in [-0.25, -0.2) is 0 Å². The maximum absolute atomic E-state index is 8.88. The molecule has 0 unspecified atom stereocenters. The number of nitrogens with zero attached hydrogens (tertiary/aromatic N) is 1. The Hall–Kier alpha value is -1.14. The number of nitriles is 1. The highest BCUT2D eigenvalue weighted by Crippen LogP contribution is 2.27. The highest BCUT2D eigenvalue weighted by molar-refractivity contribution is 7.99. The molecule has 1 fully saturated rings. The topological polar surface area (TPSA) is 35.8 Å². The van der Waals surface area contributed by atoms with Crippen LogP contribution in [0.15, 0.2) is 29.2 Å². The monoisotopic (exact) mass is 260 g/mol. The average Bonchev–Trinajstić information content (AvgIpc) is 2.42. The number of benzene rings is 1. The SMILES string of the molecule is CCSc1ccc(NC2CCC(C#N)CC2)cc1. The van der Waals surface area contributed by atoms with Gasteiger partial charge in [-0.2, -0.15) is 5.26 Å². The van der Waals surface area contributed by atoms with Crippen LogP contribution in [-0.4, -0.2) is 11.8 Å². The van der Waals surface area contributed by atoms with E-state index in [0.717, 1.165) is 31.4 Å². The van der Waals surface area contributed by atoms with Crippen LogP contribution in [0.25, 0.3) is 0 Å². The summed E-state index contributed by atoms with van der Waals surface area (Å²) in [6, 6.07) is 11.6. The highest BCUT2D eigenvalue weighted by atomic mass is 32.2. The van der Waals surface area contributed by atoms with Gasteiger partial charge in [-0.3, -0.25) is 0 Å². The van der Waals surface area contributed by atoms with Gasteiger partial charge in [0, 0.05) is 22.5 Å². The molecule has 0 radical (unpaired) electrons. The number of nitrogens with one attached hydrogen (secondary N) is 1. The van der Waals surface area contributed by atoms with Crippen molar-refractivity contribution in [3.8, 4) is 6.07 Å².